The van der Waals surface area contributed by atoms with Crippen LogP contribution in [0.3, 0.4) is 0 Å². The van der Waals surface area contributed by atoms with Gasteiger partial charge in [0.15, 0.2) is 0 Å². The third-order valence-electron chi connectivity index (χ3n) is 4.65. The molecule has 2 heterocycles. The Bertz CT molecular complexity index is 740. The number of aromatic nitrogens is 1. The molecule has 1 saturated heterocycles. The second-order valence-electron chi connectivity index (χ2n) is 6.49. The number of hydrogen-bond acceptors (Lipinski definition) is 4. The number of benzene rings is 1. The molecule has 0 saturated carbocycles. The molecule has 1 aliphatic rings. The van der Waals surface area contributed by atoms with Crippen molar-refractivity contribution in [1.82, 2.24) is 15.6 Å². The fourth-order valence-corrected chi connectivity index (χ4v) is 3.03. The van der Waals surface area contributed by atoms with Gasteiger partial charge in [-0.1, -0.05) is 18.6 Å². The number of piperidine rings is 1. The number of rotatable bonds is 5. The Morgan fingerprint density at radius 3 is 2.54 bits per heavy atom. The Balaban J connectivity index is 1.56. The van der Waals surface area contributed by atoms with E-state index >= 15 is 0 Å². The molecule has 1 atom stereocenters. The summed E-state index contributed by atoms with van der Waals surface area (Å²) in [5, 5.41) is 6.22. The van der Waals surface area contributed by atoms with Crippen molar-refractivity contribution in [3.05, 3.63) is 59.9 Å². The van der Waals surface area contributed by atoms with Crippen LogP contribution in [-0.2, 0) is 11.3 Å². The molecule has 0 spiro atoms. The summed E-state index contributed by atoms with van der Waals surface area (Å²) in [4.78, 5) is 30.1. The molecule has 0 unspecified atom stereocenters. The largest absolute Gasteiger partial charge is 0.351 e. The van der Waals surface area contributed by atoms with E-state index in [-0.39, 0.29) is 17.9 Å². The quantitative estimate of drug-likeness (QED) is 0.864. The number of nitrogens with zero attached hydrogens (tertiary/aromatic N) is 2. The van der Waals surface area contributed by atoms with E-state index in [0.717, 1.165) is 37.1 Å². The van der Waals surface area contributed by atoms with Crippen LogP contribution in [0.25, 0.3) is 0 Å². The molecule has 1 aromatic heterocycles. The predicted octanol–water partition coefficient (Wildman–Crippen LogP) is 2.12. The van der Waals surface area contributed by atoms with Crippen molar-refractivity contribution in [2.24, 2.45) is 0 Å². The molecule has 1 aromatic carbocycles. The Kier molecular flexibility index (Phi) is 5.96. The molecule has 0 radical (unpaired) electrons. The first-order valence-electron chi connectivity index (χ1n) is 8.93. The van der Waals surface area contributed by atoms with Gasteiger partial charge in [-0.15, -0.1) is 0 Å². The fraction of sp³-hybridized carbons (Fsp3) is 0.350. The van der Waals surface area contributed by atoms with Crippen LogP contribution >= 0.6 is 0 Å². The Hall–Kier alpha value is -2.73. The standard InChI is InChI=1S/C20H24N4O2/c1-24(20(26)16-9-12-21-13-10-16)17-7-5-15(6-8-17)14-23-19(25)18-4-2-3-11-22-18/h5-10,12-13,18,22H,2-4,11,14H2,1H3,(H,23,25)/t18-/m1/s1. The summed E-state index contributed by atoms with van der Waals surface area (Å²) in [6, 6.07) is 11.0. The van der Waals surface area contributed by atoms with Crippen molar-refractivity contribution in [1.29, 1.82) is 0 Å². The molecular weight excluding hydrogens is 328 g/mol. The molecule has 1 fully saturated rings. The SMILES string of the molecule is CN(C(=O)c1ccncc1)c1ccc(CNC(=O)[C@H]2CCCCN2)cc1. The van der Waals surface area contributed by atoms with Crippen LogP contribution in [0.15, 0.2) is 48.8 Å². The van der Waals surface area contributed by atoms with Crippen LogP contribution in [0.5, 0.6) is 0 Å². The van der Waals surface area contributed by atoms with Crippen molar-refractivity contribution in [2.45, 2.75) is 31.8 Å². The molecule has 1 aliphatic heterocycles. The van der Waals surface area contributed by atoms with Gasteiger partial charge in [0.1, 0.15) is 0 Å². The van der Waals surface area contributed by atoms with Gasteiger partial charge < -0.3 is 15.5 Å². The van der Waals surface area contributed by atoms with Gasteiger partial charge in [-0.3, -0.25) is 14.6 Å². The lowest BCUT2D eigenvalue weighted by Crippen LogP contribution is -2.46. The lowest BCUT2D eigenvalue weighted by Gasteiger charge is -2.22. The van der Waals surface area contributed by atoms with E-state index in [4.69, 9.17) is 0 Å². The zero-order valence-corrected chi connectivity index (χ0v) is 14.9. The molecule has 0 aliphatic carbocycles. The van der Waals surface area contributed by atoms with Gasteiger partial charge in [-0.2, -0.15) is 0 Å². The highest BCUT2D eigenvalue weighted by atomic mass is 16.2. The summed E-state index contributed by atoms with van der Waals surface area (Å²) in [6.45, 7) is 1.39. The van der Waals surface area contributed by atoms with Crippen LogP contribution < -0.4 is 15.5 Å². The highest BCUT2D eigenvalue weighted by Crippen LogP contribution is 2.16. The van der Waals surface area contributed by atoms with E-state index in [2.05, 4.69) is 15.6 Å². The maximum atomic E-state index is 12.5. The highest BCUT2D eigenvalue weighted by Gasteiger charge is 2.20. The van der Waals surface area contributed by atoms with Crippen molar-refractivity contribution < 1.29 is 9.59 Å². The van der Waals surface area contributed by atoms with Crippen molar-refractivity contribution >= 4 is 17.5 Å². The van der Waals surface area contributed by atoms with Crippen LogP contribution in [0, 0.1) is 0 Å². The molecule has 3 rings (SSSR count). The fourth-order valence-electron chi connectivity index (χ4n) is 3.03. The van der Waals surface area contributed by atoms with E-state index in [0.29, 0.717) is 12.1 Å². The summed E-state index contributed by atoms with van der Waals surface area (Å²) >= 11 is 0. The van der Waals surface area contributed by atoms with Gasteiger partial charge in [0.2, 0.25) is 5.91 Å². The number of pyridine rings is 1. The van der Waals surface area contributed by atoms with Crippen LogP contribution in [0.1, 0.15) is 35.2 Å². The zero-order chi connectivity index (χ0) is 18.4. The van der Waals surface area contributed by atoms with Gasteiger partial charge in [0, 0.05) is 37.2 Å². The van der Waals surface area contributed by atoms with E-state index in [9.17, 15) is 9.59 Å². The second-order valence-corrected chi connectivity index (χ2v) is 6.49. The highest BCUT2D eigenvalue weighted by molar-refractivity contribution is 6.05. The van der Waals surface area contributed by atoms with E-state index in [1.54, 1.807) is 36.5 Å². The summed E-state index contributed by atoms with van der Waals surface area (Å²) in [5.74, 6) is -0.0319. The number of carbonyl (C=O) groups is 2. The smallest absolute Gasteiger partial charge is 0.258 e. The lowest BCUT2D eigenvalue weighted by molar-refractivity contribution is -0.123. The van der Waals surface area contributed by atoms with Gasteiger partial charge in [-0.05, 0) is 49.2 Å². The normalized spacial score (nSPS) is 16.7. The number of anilines is 1. The molecule has 6 nitrogen and oxygen atoms in total. The Morgan fingerprint density at radius 2 is 1.88 bits per heavy atom. The van der Waals surface area contributed by atoms with E-state index in [1.807, 2.05) is 24.3 Å². The van der Waals surface area contributed by atoms with Crippen molar-refractivity contribution in [3.63, 3.8) is 0 Å². The van der Waals surface area contributed by atoms with Crippen molar-refractivity contribution in [3.8, 4) is 0 Å². The summed E-state index contributed by atoms with van der Waals surface area (Å²) in [5.41, 5.74) is 2.40. The van der Waals surface area contributed by atoms with Gasteiger partial charge in [0.05, 0.1) is 6.04 Å². The summed E-state index contributed by atoms with van der Waals surface area (Å²) < 4.78 is 0. The van der Waals surface area contributed by atoms with Crippen LogP contribution in [-0.4, -0.2) is 36.4 Å². The van der Waals surface area contributed by atoms with Gasteiger partial charge in [0.25, 0.3) is 5.91 Å². The third-order valence-corrected chi connectivity index (χ3v) is 4.65. The molecular formula is C20H24N4O2. The molecule has 6 heteroatoms. The number of amides is 2. The van der Waals surface area contributed by atoms with E-state index < -0.39 is 0 Å². The first-order valence-corrected chi connectivity index (χ1v) is 8.93. The zero-order valence-electron chi connectivity index (χ0n) is 14.9. The molecule has 26 heavy (non-hydrogen) atoms. The molecule has 2 N–H and O–H groups in total. The molecule has 2 aromatic rings. The van der Waals surface area contributed by atoms with Crippen LogP contribution in [0.4, 0.5) is 5.69 Å². The average Bonchev–Trinajstić information content (AvgIpc) is 2.72. The lowest BCUT2D eigenvalue weighted by atomic mass is 10.0. The molecule has 2 amide bonds. The maximum absolute atomic E-state index is 12.5. The van der Waals surface area contributed by atoms with Gasteiger partial charge >= 0.3 is 0 Å². The van der Waals surface area contributed by atoms with Gasteiger partial charge in [-0.25, -0.2) is 0 Å². The number of nitrogens with one attached hydrogen (secondary N) is 2. The minimum atomic E-state index is -0.0863. The minimum Gasteiger partial charge on any atom is -0.351 e. The first kappa shape index (κ1) is 18.1. The molecule has 136 valence electrons. The van der Waals surface area contributed by atoms with Crippen molar-refractivity contribution in [2.75, 3.05) is 18.5 Å². The Labute approximate surface area is 153 Å². The molecule has 0 bridgehead atoms. The van der Waals surface area contributed by atoms with E-state index in [1.165, 1.54) is 0 Å². The Morgan fingerprint density at radius 1 is 1.15 bits per heavy atom. The second kappa shape index (κ2) is 8.58. The average molecular weight is 352 g/mol. The monoisotopic (exact) mass is 352 g/mol. The number of carbonyl (C=O) groups excluding carboxylic acids is 2. The third kappa shape index (κ3) is 4.46. The first-order chi connectivity index (χ1) is 12.6. The summed E-state index contributed by atoms with van der Waals surface area (Å²) in [6.07, 6.45) is 6.34. The summed E-state index contributed by atoms with van der Waals surface area (Å²) in [7, 11) is 1.74. The predicted molar refractivity (Wildman–Crippen MR) is 101 cm³/mol. The van der Waals surface area contributed by atoms with Crippen LogP contribution in [0.2, 0.25) is 0 Å². The minimum absolute atomic E-state index is 0.0544. The maximum Gasteiger partial charge on any atom is 0.258 e. The topological polar surface area (TPSA) is 74.3 Å². The number of hydrogen-bond donors (Lipinski definition) is 2.